The van der Waals surface area contributed by atoms with Crippen molar-refractivity contribution in [3.8, 4) is 0 Å². The fraction of sp³-hybridized carbons (Fsp3) is 0.323. The van der Waals surface area contributed by atoms with Gasteiger partial charge in [0.15, 0.2) is 5.82 Å². The molecule has 3 aliphatic rings. The average molecular weight is 628 g/mol. The molecule has 5 heterocycles. The van der Waals surface area contributed by atoms with Crippen molar-refractivity contribution in [2.75, 3.05) is 40.2 Å². The summed E-state index contributed by atoms with van der Waals surface area (Å²) in [4.78, 5) is 64.3. The van der Waals surface area contributed by atoms with Crippen molar-refractivity contribution in [2.24, 2.45) is 7.05 Å². The lowest BCUT2D eigenvalue weighted by Gasteiger charge is -2.39. The molecule has 2 aromatic heterocycles. The van der Waals surface area contributed by atoms with Gasteiger partial charge in [-0.05, 0) is 55.3 Å². The van der Waals surface area contributed by atoms with Crippen LogP contribution in [0.25, 0.3) is 10.9 Å². The molecule has 230 valence electrons. The fourth-order valence-electron chi connectivity index (χ4n) is 6.32. The van der Waals surface area contributed by atoms with Gasteiger partial charge < -0.3 is 20.0 Å². The molecule has 2 aromatic carbocycles. The van der Waals surface area contributed by atoms with Gasteiger partial charge in [-0.2, -0.15) is 10.1 Å². The number of hydrogen-bond acceptors (Lipinski definition) is 9. The van der Waals surface area contributed by atoms with Gasteiger partial charge >= 0.3 is 0 Å². The third-order valence-corrected chi connectivity index (χ3v) is 9.08. The predicted octanol–water partition coefficient (Wildman–Crippen LogP) is 3.04. The van der Waals surface area contributed by atoms with E-state index in [4.69, 9.17) is 11.6 Å². The van der Waals surface area contributed by atoms with Crippen LogP contribution in [0.5, 0.6) is 0 Å². The fourth-order valence-corrected chi connectivity index (χ4v) is 6.46. The summed E-state index contributed by atoms with van der Waals surface area (Å²) in [6.07, 6.45) is 2.53. The number of nitrogens with zero attached hydrogens (tertiary/aromatic N) is 7. The largest absolute Gasteiger partial charge is 0.339 e. The monoisotopic (exact) mass is 627 g/mol. The standard InChI is InChI=1S/C31H30ClN9O4/c1-16-30(45)41(19-5-6-20-24(14-19)39(3)37-27(20)21-7-9-25(42)35-29(21)44)11-10-40(16)31-33-15-22(32)28(36-31)34-18-4-8-23-17(12-18)13-26(43)38(23)2/h4-6,8,12,14-16,21H,7,9-11,13H2,1-3H3,(H,33,34,36)(H,35,42,44). The van der Waals surface area contributed by atoms with Crippen LogP contribution in [-0.4, -0.2) is 69.6 Å². The normalized spacial score (nSPS) is 20.2. The highest BCUT2D eigenvalue weighted by Crippen LogP contribution is 2.35. The molecule has 4 amide bonds. The Labute approximate surface area is 263 Å². The number of carbonyl (C=O) groups excluding carboxylic acids is 4. The third kappa shape index (κ3) is 4.92. The summed E-state index contributed by atoms with van der Waals surface area (Å²) in [5.41, 5.74) is 4.67. The first-order valence-corrected chi connectivity index (χ1v) is 15.0. The van der Waals surface area contributed by atoms with Crippen LogP contribution in [0.15, 0.2) is 42.6 Å². The summed E-state index contributed by atoms with van der Waals surface area (Å²) in [7, 11) is 3.56. The van der Waals surface area contributed by atoms with Crippen molar-refractivity contribution in [2.45, 2.75) is 38.1 Å². The highest BCUT2D eigenvalue weighted by molar-refractivity contribution is 6.33. The minimum absolute atomic E-state index is 0.0412. The van der Waals surface area contributed by atoms with Gasteiger partial charge in [-0.1, -0.05) is 11.6 Å². The van der Waals surface area contributed by atoms with E-state index in [1.54, 1.807) is 28.6 Å². The SMILES string of the molecule is CC1C(=O)N(c2ccc3c(C4CCC(=O)NC4=O)nn(C)c3c2)CCN1c1ncc(Cl)c(Nc2ccc3c(c2)CC(=O)N3C)n1. The van der Waals surface area contributed by atoms with Crippen molar-refractivity contribution < 1.29 is 19.2 Å². The number of benzene rings is 2. The van der Waals surface area contributed by atoms with Gasteiger partial charge in [-0.3, -0.25) is 29.2 Å². The number of piperidine rings is 1. The van der Waals surface area contributed by atoms with Gasteiger partial charge in [-0.15, -0.1) is 0 Å². The van der Waals surface area contributed by atoms with Crippen LogP contribution in [0.4, 0.5) is 28.8 Å². The lowest BCUT2D eigenvalue weighted by atomic mass is 9.93. The number of fused-ring (bicyclic) bond motifs is 2. The lowest BCUT2D eigenvalue weighted by molar-refractivity contribution is -0.134. The third-order valence-electron chi connectivity index (χ3n) is 8.81. The molecule has 0 bridgehead atoms. The van der Waals surface area contributed by atoms with E-state index in [-0.39, 0.29) is 30.0 Å². The second-order valence-corrected chi connectivity index (χ2v) is 11.9. The van der Waals surface area contributed by atoms with Gasteiger partial charge in [0.1, 0.15) is 11.1 Å². The highest BCUT2D eigenvalue weighted by Gasteiger charge is 2.35. The van der Waals surface area contributed by atoms with Crippen LogP contribution in [0.1, 0.15) is 36.9 Å². The van der Waals surface area contributed by atoms with E-state index < -0.39 is 12.0 Å². The van der Waals surface area contributed by atoms with Crippen LogP contribution in [-0.2, 0) is 32.6 Å². The predicted molar refractivity (Wildman–Crippen MR) is 169 cm³/mol. The Bertz CT molecular complexity index is 1920. The number of amides is 4. The molecule has 13 nitrogen and oxygen atoms in total. The molecule has 0 spiro atoms. The van der Waals surface area contributed by atoms with E-state index >= 15 is 0 Å². The molecule has 0 radical (unpaired) electrons. The van der Waals surface area contributed by atoms with E-state index in [0.29, 0.717) is 48.4 Å². The maximum Gasteiger partial charge on any atom is 0.249 e. The zero-order valence-corrected chi connectivity index (χ0v) is 25.6. The molecule has 2 saturated heterocycles. The van der Waals surface area contributed by atoms with Crippen LogP contribution in [0.2, 0.25) is 5.02 Å². The van der Waals surface area contributed by atoms with Crippen LogP contribution in [0.3, 0.4) is 0 Å². The molecule has 0 aliphatic carbocycles. The van der Waals surface area contributed by atoms with E-state index in [2.05, 4.69) is 25.7 Å². The molecular weight excluding hydrogens is 598 g/mol. The smallest absolute Gasteiger partial charge is 0.249 e. The first kappa shape index (κ1) is 28.7. The molecular formula is C31H30ClN9O4. The number of piperazine rings is 1. The molecule has 7 rings (SSSR count). The second-order valence-electron chi connectivity index (χ2n) is 11.5. The van der Waals surface area contributed by atoms with Gasteiger partial charge in [0.25, 0.3) is 0 Å². The first-order chi connectivity index (χ1) is 21.6. The van der Waals surface area contributed by atoms with Crippen LogP contribution in [0, 0.1) is 0 Å². The number of aromatic nitrogens is 4. The Kier molecular flexibility index (Phi) is 6.92. The van der Waals surface area contributed by atoms with E-state index in [9.17, 15) is 19.2 Å². The van der Waals surface area contributed by atoms with Crippen molar-refractivity contribution >= 4 is 75.0 Å². The summed E-state index contributed by atoms with van der Waals surface area (Å²) < 4.78 is 1.70. The highest BCUT2D eigenvalue weighted by atomic mass is 35.5. The number of imide groups is 1. The van der Waals surface area contributed by atoms with Crippen LogP contribution >= 0.6 is 11.6 Å². The molecule has 2 atom stereocenters. The van der Waals surface area contributed by atoms with Crippen molar-refractivity contribution in [3.05, 3.63) is 58.9 Å². The topological polar surface area (TPSA) is 146 Å². The van der Waals surface area contributed by atoms with Gasteiger partial charge in [-0.25, -0.2) is 4.98 Å². The summed E-state index contributed by atoms with van der Waals surface area (Å²) in [5.74, 6) is -0.421. The molecule has 2 unspecified atom stereocenters. The van der Waals surface area contributed by atoms with Gasteiger partial charge in [0.2, 0.25) is 29.6 Å². The number of nitrogens with one attached hydrogen (secondary N) is 2. The number of aryl methyl sites for hydroxylation is 1. The maximum absolute atomic E-state index is 13.7. The summed E-state index contributed by atoms with van der Waals surface area (Å²) in [6, 6.07) is 10.8. The number of carbonyl (C=O) groups is 4. The quantitative estimate of drug-likeness (QED) is 0.319. The Morgan fingerprint density at radius 1 is 1.04 bits per heavy atom. The second kappa shape index (κ2) is 10.8. The number of hydrogen-bond donors (Lipinski definition) is 2. The Hall–Kier alpha value is -5.04. The Balaban J connectivity index is 1.10. The molecule has 14 heteroatoms. The zero-order chi connectivity index (χ0) is 31.6. The van der Waals surface area contributed by atoms with Crippen LogP contribution < -0.4 is 25.3 Å². The van der Waals surface area contributed by atoms with Gasteiger partial charge in [0.05, 0.1) is 29.7 Å². The van der Waals surface area contributed by atoms with E-state index in [1.807, 2.05) is 48.2 Å². The molecule has 4 aromatic rings. The van der Waals surface area contributed by atoms with Gasteiger partial charge in [0, 0.05) is 56.1 Å². The summed E-state index contributed by atoms with van der Waals surface area (Å²) in [5, 5.41) is 11.4. The lowest BCUT2D eigenvalue weighted by Crippen LogP contribution is -2.56. The maximum atomic E-state index is 13.7. The number of halogens is 1. The van der Waals surface area contributed by atoms with Crippen molar-refractivity contribution in [1.29, 1.82) is 0 Å². The summed E-state index contributed by atoms with van der Waals surface area (Å²) in [6.45, 7) is 2.69. The number of rotatable bonds is 5. The van der Waals surface area contributed by atoms with E-state index in [1.165, 1.54) is 6.20 Å². The molecule has 2 N–H and O–H groups in total. The van der Waals surface area contributed by atoms with E-state index in [0.717, 1.165) is 33.5 Å². The minimum atomic E-state index is -0.560. The Morgan fingerprint density at radius 3 is 2.67 bits per heavy atom. The zero-order valence-electron chi connectivity index (χ0n) is 24.9. The molecule has 2 fully saturated rings. The molecule has 0 saturated carbocycles. The Morgan fingerprint density at radius 2 is 1.87 bits per heavy atom. The molecule has 3 aliphatic heterocycles. The van der Waals surface area contributed by atoms with Crippen molar-refractivity contribution in [3.63, 3.8) is 0 Å². The van der Waals surface area contributed by atoms with Crippen molar-refractivity contribution in [1.82, 2.24) is 25.1 Å². The minimum Gasteiger partial charge on any atom is -0.339 e. The first-order valence-electron chi connectivity index (χ1n) is 14.7. The number of likely N-dealkylation sites (N-methyl/N-ethyl adjacent to an activating group) is 1. The average Bonchev–Trinajstić information content (AvgIpc) is 3.49. The molecule has 45 heavy (non-hydrogen) atoms. The number of anilines is 5. The summed E-state index contributed by atoms with van der Waals surface area (Å²) >= 11 is 6.46.